The molecule has 1 aliphatic rings. The molecule has 0 radical (unpaired) electrons. The van der Waals surface area contributed by atoms with Crippen LogP contribution in [-0.2, 0) is 19.6 Å². The van der Waals surface area contributed by atoms with Gasteiger partial charge in [-0.25, -0.2) is 27.5 Å². The monoisotopic (exact) mass is 609 g/mol. The molecule has 4 amide bonds. The number of amides is 4. The lowest BCUT2D eigenvalue weighted by molar-refractivity contribution is -0.275. The summed E-state index contributed by atoms with van der Waals surface area (Å²) in [5, 5.41) is 15.1. The Morgan fingerprint density at radius 1 is 1.05 bits per heavy atom. The maximum atomic E-state index is 14.7. The van der Waals surface area contributed by atoms with E-state index in [0.717, 1.165) is 22.5 Å². The van der Waals surface area contributed by atoms with Gasteiger partial charge in [0.2, 0.25) is 21.8 Å². The molecule has 2 aromatic rings. The first-order valence-electron chi connectivity index (χ1n) is 11.8. The van der Waals surface area contributed by atoms with Crippen molar-refractivity contribution in [2.75, 3.05) is 30.3 Å². The van der Waals surface area contributed by atoms with E-state index in [9.17, 15) is 44.8 Å². The fraction of sp³-hybridized carbons (Fsp3) is 0.348. The predicted octanol–water partition coefficient (Wildman–Crippen LogP) is 2.92. The Labute approximate surface area is 229 Å². The van der Waals surface area contributed by atoms with Crippen LogP contribution in [0.4, 0.5) is 38.1 Å². The number of anilines is 2. The van der Waals surface area contributed by atoms with E-state index in [1.807, 2.05) is 0 Å². The SMILES string of the molecule is O=C(CCNC(=O)[C@H]1CCCN(S(=O)(=O)c2ccc(NC(=O)Nc3ccc(OC(F)(F)F)c(F)c3)c(F)c2)C1)NO. The molecule has 3 rings (SSSR count). The van der Waals surface area contributed by atoms with Crippen molar-refractivity contribution in [1.29, 1.82) is 0 Å². The summed E-state index contributed by atoms with van der Waals surface area (Å²) >= 11 is 0. The molecule has 1 heterocycles. The first-order valence-corrected chi connectivity index (χ1v) is 13.3. The van der Waals surface area contributed by atoms with Gasteiger partial charge in [-0.15, -0.1) is 13.2 Å². The quantitative estimate of drug-likeness (QED) is 0.166. The van der Waals surface area contributed by atoms with Gasteiger partial charge in [-0.2, -0.15) is 4.31 Å². The number of hydrogen-bond donors (Lipinski definition) is 5. The van der Waals surface area contributed by atoms with Gasteiger partial charge in [-0.1, -0.05) is 0 Å². The van der Waals surface area contributed by atoms with E-state index >= 15 is 0 Å². The smallest absolute Gasteiger partial charge is 0.403 e. The molecule has 0 unspecified atom stereocenters. The zero-order valence-corrected chi connectivity index (χ0v) is 21.7. The van der Waals surface area contributed by atoms with E-state index in [1.54, 1.807) is 0 Å². The third kappa shape index (κ3) is 8.73. The molecule has 41 heavy (non-hydrogen) atoms. The summed E-state index contributed by atoms with van der Waals surface area (Å²) in [6, 6.07) is 3.62. The molecule has 1 aliphatic heterocycles. The minimum atomic E-state index is -5.13. The van der Waals surface area contributed by atoms with Gasteiger partial charge < -0.3 is 20.7 Å². The number of piperidine rings is 1. The second-order valence-electron chi connectivity index (χ2n) is 8.69. The van der Waals surface area contributed by atoms with E-state index in [1.165, 1.54) is 5.48 Å². The summed E-state index contributed by atoms with van der Waals surface area (Å²) in [7, 11) is -4.25. The van der Waals surface area contributed by atoms with Crippen LogP contribution >= 0.6 is 0 Å². The summed E-state index contributed by atoms with van der Waals surface area (Å²) < 4.78 is 96.1. The molecule has 5 N–H and O–H groups in total. The number of benzene rings is 2. The number of ether oxygens (including phenoxy) is 1. The Morgan fingerprint density at radius 2 is 1.78 bits per heavy atom. The average molecular weight is 610 g/mol. The van der Waals surface area contributed by atoms with Gasteiger partial charge in [0.1, 0.15) is 5.82 Å². The van der Waals surface area contributed by atoms with Crippen LogP contribution in [-0.4, -0.2) is 61.8 Å². The van der Waals surface area contributed by atoms with Gasteiger partial charge >= 0.3 is 12.4 Å². The van der Waals surface area contributed by atoms with Crippen molar-refractivity contribution in [2.45, 2.75) is 30.5 Å². The lowest BCUT2D eigenvalue weighted by Gasteiger charge is -2.31. The Morgan fingerprint density at radius 3 is 2.41 bits per heavy atom. The van der Waals surface area contributed by atoms with Crippen LogP contribution in [0.25, 0.3) is 0 Å². The van der Waals surface area contributed by atoms with E-state index in [-0.39, 0.29) is 31.7 Å². The molecule has 0 spiro atoms. The zero-order valence-electron chi connectivity index (χ0n) is 20.9. The third-order valence-corrected chi connectivity index (χ3v) is 7.63. The fourth-order valence-corrected chi connectivity index (χ4v) is 5.39. The van der Waals surface area contributed by atoms with E-state index in [0.29, 0.717) is 31.0 Å². The Hall–Kier alpha value is -4.03. The summed E-state index contributed by atoms with van der Waals surface area (Å²) in [5.41, 5.74) is 0.679. The van der Waals surface area contributed by atoms with Crippen LogP contribution in [0.2, 0.25) is 0 Å². The minimum absolute atomic E-state index is 0.0619. The lowest BCUT2D eigenvalue weighted by Crippen LogP contribution is -2.45. The molecule has 0 bridgehead atoms. The summed E-state index contributed by atoms with van der Waals surface area (Å²) in [4.78, 5) is 35.2. The molecular formula is C23H24F5N5O7S. The predicted molar refractivity (Wildman–Crippen MR) is 131 cm³/mol. The van der Waals surface area contributed by atoms with E-state index in [4.69, 9.17) is 5.21 Å². The summed E-state index contributed by atoms with van der Waals surface area (Å²) in [6.07, 6.45) is -4.61. The number of halogens is 5. The van der Waals surface area contributed by atoms with Crippen molar-refractivity contribution in [3.63, 3.8) is 0 Å². The van der Waals surface area contributed by atoms with Gasteiger partial charge in [0, 0.05) is 37.8 Å². The number of hydrogen-bond acceptors (Lipinski definition) is 7. The second-order valence-corrected chi connectivity index (χ2v) is 10.6. The zero-order chi connectivity index (χ0) is 30.4. The largest absolute Gasteiger partial charge is 0.573 e. The van der Waals surface area contributed by atoms with E-state index < -0.39 is 68.1 Å². The molecular weight excluding hydrogens is 585 g/mol. The maximum absolute atomic E-state index is 14.7. The number of nitrogens with one attached hydrogen (secondary N) is 4. The van der Waals surface area contributed by atoms with Crippen LogP contribution in [0.3, 0.4) is 0 Å². The van der Waals surface area contributed by atoms with Crippen LogP contribution in [0.5, 0.6) is 5.75 Å². The first-order chi connectivity index (χ1) is 19.2. The van der Waals surface area contributed by atoms with Crippen molar-refractivity contribution in [2.24, 2.45) is 5.92 Å². The number of carbonyl (C=O) groups excluding carboxylic acids is 3. The Bertz CT molecular complexity index is 1410. The van der Waals surface area contributed by atoms with Crippen LogP contribution in [0.15, 0.2) is 41.3 Å². The standard InChI is InChI=1S/C23H24F5N5O7S/c24-16-11-15(41(38,39)33-9-1-2-13(12-33)21(35)29-8-7-20(34)32-37)4-5-18(16)31-22(36)30-14-3-6-19(17(25)10-14)40-23(26,27)28/h3-6,10-11,13,37H,1-2,7-9,12H2,(H,29,35)(H,32,34)(H2,30,31,36)/t13-/m0/s1. The van der Waals surface area contributed by atoms with Gasteiger partial charge in [0.05, 0.1) is 16.5 Å². The Balaban J connectivity index is 1.62. The number of hydroxylamine groups is 1. The minimum Gasteiger partial charge on any atom is -0.403 e. The van der Waals surface area contributed by atoms with E-state index in [2.05, 4.69) is 20.7 Å². The second kappa shape index (κ2) is 13.1. The average Bonchev–Trinajstić information content (AvgIpc) is 2.90. The molecule has 224 valence electrons. The number of rotatable bonds is 9. The molecule has 0 saturated carbocycles. The van der Waals surface area contributed by atoms with Gasteiger partial charge in [-0.3, -0.25) is 14.8 Å². The normalized spacial score (nSPS) is 16.0. The molecule has 2 aromatic carbocycles. The van der Waals surface area contributed by atoms with Gasteiger partial charge in [0.25, 0.3) is 0 Å². The third-order valence-electron chi connectivity index (χ3n) is 5.77. The highest BCUT2D eigenvalue weighted by atomic mass is 32.2. The number of sulfonamides is 1. The fourth-order valence-electron chi connectivity index (χ4n) is 3.85. The molecule has 1 saturated heterocycles. The highest BCUT2D eigenvalue weighted by Gasteiger charge is 2.34. The lowest BCUT2D eigenvalue weighted by atomic mass is 9.99. The molecule has 0 aromatic heterocycles. The topological polar surface area (TPSA) is 166 Å². The van der Waals surface area contributed by atoms with Crippen molar-refractivity contribution in [3.8, 4) is 5.75 Å². The van der Waals surface area contributed by atoms with Crippen molar-refractivity contribution < 1.29 is 54.7 Å². The van der Waals surface area contributed by atoms with Gasteiger partial charge in [-0.05, 0) is 43.2 Å². The highest BCUT2D eigenvalue weighted by molar-refractivity contribution is 7.89. The van der Waals surface area contributed by atoms with Crippen molar-refractivity contribution >= 4 is 39.2 Å². The number of alkyl halides is 3. The van der Waals surface area contributed by atoms with Crippen molar-refractivity contribution in [1.82, 2.24) is 15.1 Å². The Kier molecular flexibility index (Phi) is 10.1. The van der Waals surface area contributed by atoms with Crippen LogP contribution in [0.1, 0.15) is 19.3 Å². The molecule has 0 aliphatic carbocycles. The molecule has 18 heteroatoms. The molecule has 12 nitrogen and oxygen atoms in total. The van der Waals surface area contributed by atoms with Crippen LogP contribution in [0, 0.1) is 17.6 Å². The molecule has 1 atom stereocenters. The van der Waals surface area contributed by atoms with Gasteiger partial charge in [0.15, 0.2) is 11.6 Å². The van der Waals surface area contributed by atoms with Crippen molar-refractivity contribution in [3.05, 3.63) is 48.0 Å². The number of carbonyl (C=O) groups is 3. The van der Waals surface area contributed by atoms with Crippen LogP contribution < -0.4 is 26.2 Å². The summed E-state index contributed by atoms with van der Waals surface area (Å²) in [5.74, 6) is -5.63. The number of urea groups is 1. The number of nitrogens with zero attached hydrogens (tertiary/aromatic N) is 1. The molecule has 1 fully saturated rings. The first kappa shape index (κ1) is 31.5. The summed E-state index contributed by atoms with van der Waals surface area (Å²) in [6.45, 7) is -0.214. The highest BCUT2D eigenvalue weighted by Crippen LogP contribution is 2.29. The maximum Gasteiger partial charge on any atom is 0.573 e.